The van der Waals surface area contributed by atoms with Gasteiger partial charge in [-0.05, 0) is 38.1 Å². The number of hydrogen-bond acceptors (Lipinski definition) is 8. The first-order valence-electron chi connectivity index (χ1n) is 11.9. The van der Waals surface area contributed by atoms with Crippen molar-refractivity contribution in [1.29, 1.82) is 0 Å². The van der Waals surface area contributed by atoms with E-state index >= 15 is 0 Å². The fourth-order valence-electron chi connectivity index (χ4n) is 5.26. The fraction of sp³-hybridized carbons (Fsp3) is 0.346. The van der Waals surface area contributed by atoms with Crippen LogP contribution in [0.2, 0.25) is 0 Å². The van der Waals surface area contributed by atoms with Gasteiger partial charge in [0.1, 0.15) is 11.4 Å². The zero-order valence-corrected chi connectivity index (χ0v) is 22.9. The van der Waals surface area contributed by atoms with Gasteiger partial charge in [-0.3, -0.25) is 4.90 Å². The summed E-state index contributed by atoms with van der Waals surface area (Å²) in [7, 11) is -1.57. The van der Waals surface area contributed by atoms with Gasteiger partial charge in [0.05, 0.1) is 36.9 Å². The average Bonchev–Trinajstić information content (AvgIpc) is 3.49. The first-order valence-corrected chi connectivity index (χ1v) is 14.2. The molecule has 2 aliphatic rings. The number of aromatic nitrogens is 1. The van der Waals surface area contributed by atoms with E-state index in [4.69, 9.17) is 9.47 Å². The van der Waals surface area contributed by atoms with E-state index in [1.54, 1.807) is 48.5 Å². The molecule has 0 unspecified atom stereocenters. The third-order valence-corrected chi connectivity index (χ3v) is 10.3. The molecule has 3 heterocycles. The Labute approximate surface area is 224 Å². The highest BCUT2D eigenvalue weighted by Crippen LogP contribution is 2.51. The van der Waals surface area contributed by atoms with Crippen LogP contribution in [0.25, 0.3) is 10.9 Å². The predicted molar refractivity (Wildman–Crippen MR) is 141 cm³/mol. The molecule has 200 valence electrons. The van der Waals surface area contributed by atoms with Crippen molar-refractivity contribution in [3.63, 3.8) is 0 Å². The second kappa shape index (κ2) is 9.35. The van der Waals surface area contributed by atoms with Gasteiger partial charge in [0.15, 0.2) is 6.04 Å². The van der Waals surface area contributed by atoms with Crippen molar-refractivity contribution >= 4 is 50.7 Å². The van der Waals surface area contributed by atoms with Gasteiger partial charge in [-0.2, -0.15) is 0 Å². The van der Waals surface area contributed by atoms with E-state index in [2.05, 4.69) is 0 Å². The molecular formula is C26H27N3O7S2. The number of para-hydroxylation sites is 1. The van der Waals surface area contributed by atoms with E-state index in [1.807, 2.05) is 13.8 Å². The standard InChI is InChI=1S/C26H27N3O7S2/c1-26(2)21(24(31)36-4)28-22(37-26)20(23(30)35-3)27(25(28)32)15-17-14-16-10-8-9-13-19(16)29(17)38(33,34)18-11-6-5-7-12-18/h5-14,20-22H,15H2,1-4H3/t20-,21-,22+/m0/s1. The molecule has 10 nitrogen and oxygen atoms in total. The molecular weight excluding hydrogens is 530 g/mol. The number of benzene rings is 2. The molecule has 2 amide bonds. The SMILES string of the molecule is COC(=O)[C@@H]1[C@H]2SC(C)(C)[C@H](C(=O)OC)N2C(=O)N1Cc1cc2ccccc2n1S(=O)(=O)c1ccccc1. The topological polar surface area (TPSA) is 115 Å². The molecule has 2 aliphatic heterocycles. The van der Waals surface area contributed by atoms with Crippen molar-refractivity contribution in [3.05, 3.63) is 66.4 Å². The van der Waals surface area contributed by atoms with Crippen LogP contribution >= 0.6 is 11.8 Å². The number of rotatable bonds is 6. The maximum atomic E-state index is 13.9. The number of ether oxygens (including phenoxy) is 2. The first kappa shape index (κ1) is 26.1. The Balaban J connectivity index is 1.63. The van der Waals surface area contributed by atoms with Gasteiger partial charge in [-0.15, -0.1) is 11.8 Å². The summed E-state index contributed by atoms with van der Waals surface area (Å²) >= 11 is 1.31. The minimum absolute atomic E-state index is 0.0866. The molecule has 0 aliphatic carbocycles. The van der Waals surface area contributed by atoms with Gasteiger partial charge in [-0.25, -0.2) is 26.8 Å². The number of esters is 2. The molecule has 0 bridgehead atoms. The lowest BCUT2D eigenvalue weighted by Crippen LogP contribution is -2.50. The Morgan fingerprint density at radius 1 is 0.974 bits per heavy atom. The highest BCUT2D eigenvalue weighted by Gasteiger charge is 2.64. The van der Waals surface area contributed by atoms with Gasteiger partial charge in [0.25, 0.3) is 10.0 Å². The smallest absolute Gasteiger partial charge is 0.331 e. The second-order valence-corrected chi connectivity index (χ2v) is 13.2. The Bertz CT molecular complexity index is 1530. The molecule has 12 heteroatoms. The highest BCUT2D eigenvalue weighted by atomic mass is 32.2. The van der Waals surface area contributed by atoms with Crippen LogP contribution in [0.1, 0.15) is 19.5 Å². The van der Waals surface area contributed by atoms with Crippen LogP contribution < -0.4 is 0 Å². The van der Waals surface area contributed by atoms with Crippen molar-refractivity contribution in [1.82, 2.24) is 13.8 Å². The van der Waals surface area contributed by atoms with Crippen LogP contribution in [0.5, 0.6) is 0 Å². The minimum Gasteiger partial charge on any atom is -0.467 e. The molecule has 5 rings (SSSR count). The van der Waals surface area contributed by atoms with E-state index in [1.165, 1.54) is 51.9 Å². The van der Waals surface area contributed by atoms with Crippen LogP contribution in [0.15, 0.2) is 65.6 Å². The predicted octanol–water partition coefficient (Wildman–Crippen LogP) is 3.05. The van der Waals surface area contributed by atoms with Gasteiger partial charge in [0.2, 0.25) is 0 Å². The number of carbonyl (C=O) groups is 3. The van der Waals surface area contributed by atoms with Crippen molar-refractivity contribution in [2.45, 2.75) is 47.5 Å². The summed E-state index contributed by atoms with van der Waals surface area (Å²) in [4.78, 5) is 42.4. The Morgan fingerprint density at radius 2 is 1.61 bits per heavy atom. The molecule has 1 aromatic heterocycles. The lowest BCUT2D eigenvalue weighted by Gasteiger charge is -2.30. The fourth-order valence-corrected chi connectivity index (χ4v) is 8.49. The van der Waals surface area contributed by atoms with Crippen molar-refractivity contribution in [3.8, 4) is 0 Å². The zero-order chi connectivity index (χ0) is 27.4. The highest BCUT2D eigenvalue weighted by molar-refractivity contribution is 8.01. The van der Waals surface area contributed by atoms with Gasteiger partial charge < -0.3 is 14.4 Å². The van der Waals surface area contributed by atoms with Crippen LogP contribution in [0.3, 0.4) is 0 Å². The third kappa shape index (κ3) is 3.93. The zero-order valence-electron chi connectivity index (χ0n) is 21.2. The largest absolute Gasteiger partial charge is 0.467 e. The van der Waals surface area contributed by atoms with Crippen LogP contribution in [-0.2, 0) is 35.6 Å². The molecule has 3 aromatic rings. The van der Waals surface area contributed by atoms with E-state index in [0.717, 1.165) is 0 Å². The molecule has 0 radical (unpaired) electrons. The van der Waals surface area contributed by atoms with Crippen molar-refractivity contribution in [2.24, 2.45) is 0 Å². The average molecular weight is 558 g/mol. The number of amides is 2. The summed E-state index contributed by atoms with van der Waals surface area (Å²) in [6.07, 6.45) is 0. The van der Waals surface area contributed by atoms with Gasteiger partial charge >= 0.3 is 18.0 Å². The van der Waals surface area contributed by atoms with Gasteiger partial charge in [0, 0.05) is 10.1 Å². The van der Waals surface area contributed by atoms with Crippen LogP contribution in [0.4, 0.5) is 4.79 Å². The second-order valence-electron chi connectivity index (χ2n) is 9.60. The summed E-state index contributed by atoms with van der Waals surface area (Å²) in [5.41, 5.74) is 0.730. The minimum atomic E-state index is -4.05. The Kier molecular flexibility index (Phi) is 6.42. The summed E-state index contributed by atoms with van der Waals surface area (Å²) in [5, 5.41) is -0.0654. The monoisotopic (exact) mass is 557 g/mol. The first-order chi connectivity index (χ1) is 18.0. The van der Waals surface area contributed by atoms with Crippen molar-refractivity contribution in [2.75, 3.05) is 14.2 Å². The number of hydrogen-bond donors (Lipinski definition) is 0. The molecule has 38 heavy (non-hydrogen) atoms. The van der Waals surface area contributed by atoms with E-state index < -0.39 is 50.2 Å². The number of methoxy groups -OCH3 is 2. The maximum absolute atomic E-state index is 13.9. The maximum Gasteiger partial charge on any atom is 0.331 e. The number of nitrogens with zero attached hydrogens (tertiary/aromatic N) is 3. The molecule has 3 atom stereocenters. The number of urea groups is 1. The Morgan fingerprint density at radius 3 is 2.26 bits per heavy atom. The number of carbonyl (C=O) groups excluding carboxylic acids is 3. The summed E-state index contributed by atoms with van der Waals surface area (Å²) < 4.78 is 38.2. The van der Waals surface area contributed by atoms with Crippen LogP contribution in [0, 0.1) is 0 Å². The van der Waals surface area contributed by atoms with E-state index in [9.17, 15) is 22.8 Å². The molecule has 2 aromatic carbocycles. The molecule has 2 saturated heterocycles. The summed E-state index contributed by atoms with van der Waals surface area (Å²) in [5.74, 6) is -1.25. The van der Waals surface area contributed by atoms with E-state index in [-0.39, 0.29) is 17.1 Å². The lowest BCUT2D eigenvalue weighted by molar-refractivity contribution is -0.148. The van der Waals surface area contributed by atoms with E-state index in [0.29, 0.717) is 10.9 Å². The summed E-state index contributed by atoms with van der Waals surface area (Å²) in [6, 6.07) is 14.1. The molecule has 2 fully saturated rings. The van der Waals surface area contributed by atoms with Crippen LogP contribution in [-0.4, -0.2) is 76.6 Å². The number of thioether (sulfide) groups is 1. The Hall–Kier alpha value is -3.51. The quantitative estimate of drug-likeness (QED) is 0.425. The normalized spacial score (nSPS) is 22.5. The van der Waals surface area contributed by atoms with Crippen molar-refractivity contribution < 1.29 is 32.3 Å². The molecule has 0 saturated carbocycles. The molecule has 0 spiro atoms. The lowest BCUT2D eigenvalue weighted by atomic mass is 10.0. The van der Waals surface area contributed by atoms with Gasteiger partial charge in [-0.1, -0.05) is 36.4 Å². The number of fused-ring (bicyclic) bond motifs is 2. The third-order valence-electron chi connectivity index (χ3n) is 6.93. The summed E-state index contributed by atoms with van der Waals surface area (Å²) in [6.45, 7) is 3.42. The molecule has 0 N–H and O–H groups in total.